The Morgan fingerprint density at radius 2 is 1.96 bits per heavy atom. The number of nitrogens with one attached hydrogen (secondary N) is 2. The molecule has 2 aromatic rings. The second-order valence-corrected chi connectivity index (χ2v) is 5.69. The van der Waals surface area contributed by atoms with Gasteiger partial charge in [-0.15, -0.1) is 0 Å². The predicted octanol–water partition coefficient (Wildman–Crippen LogP) is -0.111. The largest absolute Gasteiger partial charge is 0.394 e. The van der Waals surface area contributed by atoms with Crippen LogP contribution in [0.25, 0.3) is 0 Å². The molecule has 0 unspecified atom stereocenters. The van der Waals surface area contributed by atoms with Crippen LogP contribution >= 0.6 is 0 Å². The van der Waals surface area contributed by atoms with Gasteiger partial charge in [-0.2, -0.15) is 0 Å². The summed E-state index contributed by atoms with van der Waals surface area (Å²) in [5, 5.41) is 11.5. The van der Waals surface area contributed by atoms with E-state index in [-0.39, 0.29) is 35.7 Å². The summed E-state index contributed by atoms with van der Waals surface area (Å²) in [6.07, 6.45) is 0. The summed E-state index contributed by atoms with van der Waals surface area (Å²) in [5.74, 6) is -1.79. The molecule has 2 amide bonds. The summed E-state index contributed by atoms with van der Waals surface area (Å²) < 4.78 is 14.1. The first-order valence-electron chi connectivity index (χ1n) is 7.84. The fraction of sp³-hybridized carbons (Fsp3) is 0.176. The number of aryl methyl sites for hydroxylation is 1. The number of aliphatic hydroxyl groups is 1. The van der Waals surface area contributed by atoms with Gasteiger partial charge < -0.3 is 16.2 Å². The lowest BCUT2D eigenvalue weighted by molar-refractivity contribution is 0.0169. The molecule has 2 aromatic carbocycles. The minimum absolute atomic E-state index is 0.0839. The molecule has 0 saturated carbocycles. The van der Waals surface area contributed by atoms with Crippen molar-refractivity contribution in [1.29, 1.82) is 0 Å². The third kappa shape index (κ3) is 4.59. The Hall–Kier alpha value is -2.91. The Kier molecular flexibility index (Phi) is 6.32. The lowest BCUT2D eigenvalue weighted by Crippen LogP contribution is -2.26. The number of hydroxylamine groups is 1. The fourth-order valence-electron chi connectivity index (χ4n) is 2.35. The molecule has 0 fully saturated rings. The third-order valence-electron chi connectivity index (χ3n) is 3.63. The summed E-state index contributed by atoms with van der Waals surface area (Å²) >= 11 is 0. The van der Waals surface area contributed by atoms with E-state index in [1.807, 2.05) is 0 Å². The molecule has 0 aliphatic carbocycles. The van der Waals surface area contributed by atoms with Gasteiger partial charge in [-0.3, -0.25) is 14.4 Å². The zero-order chi connectivity index (χ0) is 19.3. The van der Waals surface area contributed by atoms with Crippen molar-refractivity contribution >= 4 is 36.5 Å². The van der Waals surface area contributed by atoms with Crippen LogP contribution in [-0.4, -0.2) is 38.0 Å². The summed E-state index contributed by atoms with van der Waals surface area (Å²) in [6.45, 7) is 1.28. The number of rotatable bonds is 7. The van der Waals surface area contributed by atoms with Gasteiger partial charge in [-0.05, 0) is 36.8 Å². The number of hydrogen-bond acceptors (Lipinski definition) is 5. The summed E-state index contributed by atoms with van der Waals surface area (Å²) in [4.78, 5) is 28.8. The molecule has 0 aromatic heterocycles. The van der Waals surface area contributed by atoms with E-state index in [1.54, 1.807) is 20.8 Å². The molecule has 0 radical (unpaired) electrons. The third-order valence-corrected chi connectivity index (χ3v) is 3.63. The Bertz CT molecular complexity index is 845. The van der Waals surface area contributed by atoms with Gasteiger partial charge in [-0.1, -0.05) is 11.5 Å². The second-order valence-electron chi connectivity index (χ2n) is 5.69. The van der Waals surface area contributed by atoms with Crippen molar-refractivity contribution in [3.63, 3.8) is 0 Å². The highest BCUT2D eigenvalue weighted by Gasteiger charge is 2.18. The smallest absolute Gasteiger partial charge is 0.276 e. The minimum atomic E-state index is -0.668. The van der Waals surface area contributed by atoms with Crippen LogP contribution in [0, 0.1) is 12.7 Å². The number of anilines is 2. The van der Waals surface area contributed by atoms with E-state index in [9.17, 15) is 14.0 Å². The molecule has 9 heteroatoms. The predicted molar refractivity (Wildman–Crippen MR) is 98.1 cm³/mol. The minimum Gasteiger partial charge on any atom is -0.394 e. The standard InChI is InChI=1S/C17H19BFN3O4/c1-9-6-12(17(25)22-26-5-4-23)15(8-11(9)16(20)24)21-14-3-2-10(18)7-13(14)19/h2-3,6-8,21,23H,4-5,18H2,1H3,(H2,20,24)(H,22,25). The van der Waals surface area contributed by atoms with E-state index in [0.717, 1.165) is 5.46 Å². The van der Waals surface area contributed by atoms with Crippen LogP contribution in [0.1, 0.15) is 26.3 Å². The first kappa shape index (κ1) is 19.4. The van der Waals surface area contributed by atoms with E-state index in [1.165, 1.54) is 24.3 Å². The Morgan fingerprint density at radius 1 is 1.23 bits per heavy atom. The quantitative estimate of drug-likeness (QED) is 0.313. The molecule has 0 bridgehead atoms. The van der Waals surface area contributed by atoms with Crippen molar-refractivity contribution in [2.24, 2.45) is 5.73 Å². The number of benzene rings is 2. The van der Waals surface area contributed by atoms with E-state index < -0.39 is 17.6 Å². The molecule has 2 rings (SSSR count). The zero-order valence-electron chi connectivity index (χ0n) is 14.4. The molecule has 0 atom stereocenters. The van der Waals surface area contributed by atoms with Crippen molar-refractivity contribution in [1.82, 2.24) is 5.48 Å². The van der Waals surface area contributed by atoms with Gasteiger partial charge in [0.25, 0.3) is 5.91 Å². The summed E-state index contributed by atoms with van der Waals surface area (Å²) in [7, 11) is 1.75. The highest BCUT2D eigenvalue weighted by Crippen LogP contribution is 2.26. The molecule has 0 saturated heterocycles. The first-order chi connectivity index (χ1) is 12.3. The maximum atomic E-state index is 14.1. The van der Waals surface area contributed by atoms with Gasteiger partial charge in [0.2, 0.25) is 5.91 Å². The normalized spacial score (nSPS) is 10.4. The molecule has 26 heavy (non-hydrogen) atoms. The molecular weight excluding hydrogens is 340 g/mol. The molecule has 0 spiro atoms. The first-order valence-corrected chi connectivity index (χ1v) is 7.84. The number of carbonyl (C=O) groups excluding carboxylic acids is 2. The fourth-order valence-corrected chi connectivity index (χ4v) is 2.35. The van der Waals surface area contributed by atoms with E-state index in [2.05, 4.69) is 10.8 Å². The number of carbonyl (C=O) groups is 2. The summed E-state index contributed by atoms with van der Waals surface area (Å²) in [5.41, 5.74) is 9.42. The molecule has 5 N–H and O–H groups in total. The van der Waals surface area contributed by atoms with Crippen LogP contribution in [0.15, 0.2) is 30.3 Å². The van der Waals surface area contributed by atoms with Crippen molar-refractivity contribution < 1.29 is 23.9 Å². The van der Waals surface area contributed by atoms with Crippen LogP contribution in [0.4, 0.5) is 15.8 Å². The Labute approximate surface area is 150 Å². The van der Waals surface area contributed by atoms with Crippen LogP contribution in [0.3, 0.4) is 0 Å². The number of aliphatic hydroxyl groups excluding tert-OH is 1. The van der Waals surface area contributed by atoms with Gasteiger partial charge in [0, 0.05) is 5.56 Å². The van der Waals surface area contributed by atoms with Crippen LogP contribution in [-0.2, 0) is 4.84 Å². The SMILES string of the molecule is Bc1ccc(Nc2cc(C(N)=O)c(C)cc2C(=O)NOCCO)c(F)c1. The monoisotopic (exact) mass is 359 g/mol. The number of nitrogens with two attached hydrogens (primary N) is 1. The average molecular weight is 359 g/mol. The summed E-state index contributed by atoms with van der Waals surface area (Å²) in [6, 6.07) is 7.41. The molecule has 136 valence electrons. The molecule has 7 nitrogen and oxygen atoms in total. The van der Waals surface area contributed by atoms with Crippen LogP contribution in [0.5, 0.6) is 0 Å². The second kappa shape index (κ2) is 8.46. The van der Waals surface area contributed by atoms with Gasteiger partial charge in [0.1, 0.15) is 13.7 Å². The Morgan fingerprint density at radius 3 is 2.58 bits per heavy atom. The van der Waals surface area contributed by atoms with Crippen LogP contribution < -0.4 is 22.0 Å². The molecule has 0 aliphatic heterocycles. The van der Waals surface area contributed by atoms with Crippen molar-refractivity contribution in [2.45, 2.75) is 6.92 Å². The number of halogens is 1. The van der Waals surface area contributed by atoms with Gasteiger partial charge in [0.15, 0.2) is 0 Å². The number of primary amides is 1. The lowest BCUT2D eigenvalue weighted by atomic mass is 9.96. The maximum absolute atomic E-state index is 14.1. The van der Waals surface area contributed by atoms with Gasteiger partial charge >= 0.3 is 0 Å². The molecule has 0 heterocycles. The van der Waals surface area contributed by atoms with Crippen molar-refractivity contribution in [2.75, 3.05) is 18.5 Å². The topological polar surface area (TPSA) is 114 Å². The van der Waals surface area contributed by atoms with Crippen LogP contribution in [0.2, 0.25) is 0 Å². The number of amides is 2. The van der Waals surface area contributed by atoms with Gasteiger partial charge in [0.05, 0.1) is 30.2 Å². The van der Waals surface area contributed by atoms with E-state index in [0.29, 0.717) is 5.56 Å². The van der Waals surface area contributed by atoms with E-state index >= 15 is 0 Å². The zero-order valence-corrected chi connectivity index (χ0v) is 14.4. The molecule has 0 aliphatic rings. The maximum Gasteiger partial charge on any atom is 0.276 e. The van der Waals surface area contributed by atoms with Gasteiger partial charge in [-0.25, -0.2) is 9.87 Å². The average Bonchev–Trinajstić information content (AvgIpc) is 2.58. The van der Waals surface area contributed by atoms with Crippen molar-refractivity contribution in [3.8, 4) is 0 Å². The molecular formula is C17H19BFN3O4. The Balaban J connectivity index is 2.44. The highest BCUT2D eigenvalue weighted by atomic mass is 19.1. The van der Waals surface area contributed by atoms with E-state index in [4.69, 9.17) is 15.7 Å². The number of hydrogen-bond donors (Lipinski definition) is 4. The van der Waals surface area contributed by atoms with Crippen molar-refractivity contribution in [3.05, 3.63) is 52.8 Å². The lowest BCUT2D eigenvalue weighted by Gasteiger charge is -2.16. The highest BCUT2D eigenvalue weighted by molar-refractivity contribution is 6.32.